The van der Waals surface area contributed by atoms with Crippen molar-refractivity contribution < 1.29 is 39.9 Å². The van der Waals surface area contributed by atoms with E-state index < -0.39 is 54.8 Å². The molecule has 140 valence electrons. The number of nitrogens with zero attached hydrogens (tertiary/aromatic N) is 1. The van der Waals surface area contributed by atoms with Crippen LogP contribution in [-0.4, -0.2) is 91.8 Å². The van der Waals surface area contributed by atoms with Crippen molar-refractivity contribution in [2.75, 3.05) is 13.2 Å². The van der Waals surface area contributed by atoms with Gasteiger partial charge in [-0.25, -0.2) is 4.79 Å². The Balaban J connectivity index is 2.63. The first kappa shape index (κ1) is 20.6. The highest BCUT2D eigenvalue weighted by molar-refractivity contribution is 5.78. The molecule has 6 N–H and O–H groups in total. The van der Waals surface area contributed by atoms with E-state index in [4.69, 9.17) is 4.74 Å². The van der Waals surface area contributed by atoms with Gasteiger partial charge < -0.3 is 40.5 Å². The number of hydrogen-bond acceptors (Lipinski definition) is 8. The van der Waals surface area contributed by atoms with Crippen molar-refractivity contribution >= 4 is 12.0 Å². The molecule has 1 fully saturated rings. The average molecular weight is 350 g/mol. The Morgan fingerprint density at radius 3 is 2.17 bits per heavy atom. The summed E-state index contributed by atoms with van der Waals surface area (Å²) in [7, 11) is 0. The lowest BCUT2D eigenvalue weighted by atomic mass is 9.92. The Bertz CT molecular complexity index is 453. The quantitative estimate of drug-likeness (QED) is 0.325. The fourth-order valence-electron chi connectivity index (χ4n) is 2.37. The average Bonchev–Trinajstić information content (AvgIpc) is 2.46. The van der Waals surface area contributed by atoms with Crippen LogP contribution in [0.4, 0.5) is 4.79 Å². The lowest BCUT2D eigenvalue weighted by Gasteiger charge is -2.46. The summed E-state index contributed by atoms with van der Waals surface area (Å²) < 4.78 is 5.00. The number of alkyl carbamates (subject to hydrolysis) is 1. The third-order valence-electron chi connectivity index (χ3n) is 3.52. The third kappa shape index (κ3) is 5.02. The Morgan fingerprint density at radius 2 is 1.67 bits per heavy atom. The Kier molecular flexibility index (Phi) is 6.93. The normalized spacial score (nSPS) is 30.8. The molecular formula is C14H26N2O8. The molecule has 0 bridgehead atoms. The zero-order valence-corrected chi connectivity index (χ0v) is 13.9. The Morgan fingerprint density at radius 1 is 1.08 bits per heavy atom. The SMILES string of the molecule is CC(C)(C)OC(=O)NCCC(=O)N1C(O)[C@H](O)[C@@H](O)[C@H](O)[C@H]1CO. The van der Waals surface area contributed by atoms with Crippen molar-refractivity contribution in [1.29, 1.82) is 0 Å². The first-order valence-electron chi connectivity index (χ1n) is 7.60. The van der Waals surface area contributed by atoms with Crippen LogP contribution in [0.5, 0.6) is 0 Å². The van der Waals surface area contributed by atoms with E-state index in [1.165, 1.54) is 0 Å². The lowest BCUT2D eigenvalue weighted by molar-refractivity contribution is -0.222. The second kappa shape index (κ2) is 8.08. The van der Waals surface area contributed by atoms with E-state index in [2.05, 4.69) is 5.32 Å². The van der Waals surface area contributed by atoms with E-state index >= 15 is 0 Å². The standard InChI is InChI=1S/C14H26N2O8/c1-14(2,3)24-13(23)15-5-4-8(18)16-7(6-17)9(19)10(20)11(21)12(16)22/h7,9-12,17,19-22H,4-6H2,1-3H3,(H,15,23)/t7-,9-,10+,11-,12?/m1/s1. The highest BCUT2D eigenvalue weighted by Crippen LogP contribution is 2.24. The highest BCUT2D eigenvalue weighted by atomic mass is 16.6. The maximum absolute atomic E-state index is 12.2. The largest absolute Gasteiger partial charge is 0.444 e. The predicted octanol–water partition coefficient (Wildman–Crippen LogP) is -2.49. The second-order valence-corrected chi connectivity index (χ2v) is 6.61. The van der Waals surface area contributed by atoms with Gasteiger partial charge in [0.25, 0.3) is 0 Å². The topological polar surface area (TPSA) is 160 Å². The predicted molar refractivity (Wildman–Crippen MR) is 80.6 cm³/mol. The summed E-state index contributed by atoms with van der Waals surface area (Å²) in [6.45, 7) is 4.22. The van der Waals surface area contributed by atoms with Gasteiger partial charge in [0.15, 0.2) is 6.23 Å². The van der Waals surface area contributed by atoms with Gasteiger partial charge in [-0.15, -0.1) is 0 Å². The van der Waals surface area contributed by atoms with Crippen molar-refractivity contribution in [2.24, 2.45) is 0 Å². The molecule has 1 saturated heterocycles. The van der Waals surface area contributed by atoms with Crippen molar-refractivity contribution in [2.45, 2.75) is 63.4 Å². The molecule has 0 saturated carbocycles. The van der Waals surface area contributed by atoms with Crippen LogP contribution in [-0.2, 0) is 9.53 Å². The summed E-state index contributed by atoms with van der Waals surface area (Å²) in [5.74, 6) is -0.720. The van der Waals surface area contributed by atoms with Crippen LogP contribution in [0.2, 0.25) is 0 Å². The molecule has 0 aromatic carbocycles. The van der Waals surface area contributed by atoms with Gasteiger partial charge in [0.2, 0.25) is 5.91 Å². The van der Waals surface area contributed by atoms with Crippen molar-refractivity contribution in [1.82, 2.24) is 10.2 Å². The summed E-state index contributed by atoms with van der Waals surface area (Å²) in [4.78, 5) is 24.4. The fraction of sp³-hybridized carbons (Fsp3) is 0.857. The number of ether oxygens (including phenoxy) is 1. The number of likely N-dealkylation sites (tertiary alicyclic amines) is 1. The smallest absolute Gasteiger partial charge is 0.407 e. The van der Waals surface area contributed by atoms with Gasteiger partial charge >= 0.3 is 6.09 Å². The van der Waals surface area contributed by atoms with Gasteiger partial charge in [-0.2, -0.15) is 0 Å². The molecule has 0 aromatic rings. The second-order valence-electron chi connectivity index (χ2n) is 6.61. The molecular weight excluding hydrogens is 324 g/mol. The Hall–Kier alpha value is -1.46. The van der Waals surface area contributed by atoms with Crippen LogP contribution < -0.4 is 5.32 Å². The van der Waals surface area contributed by atoms with Crippen molar-refractivity contribution in [3.63, 3.8) is 0 Å². The lowest BCUT2D eigenvalue weighted by Crippen LogP contribution is -2.68. The first-order valence-corrected chi connectivity index (χ1v) is 7.60. The number of piperidine rings is 1. The van der Waals surface area contributed by atoms with Crippen molar-refractivity contribution in [3.8, 4) is 0 Å². The summed E-state index contributed by atoms with van der Waals surface area (Å²) in [5.41, 5.74) is -0.691. The summed E-state index contributed by atoms with van der Waals surface area (Å²) >= 11 is 0. The van der Waals surface area contributed by atoms with Crippen LogP contribution in [0.15, 0.2) is 0 Å². The number of carbonyl (C=O) groups is 2. The zero-order chi connectivity index (χ0) is 18.7. The number of hydrogen-bond donors (Lipinski definition) is 6. The number of amides is 2. The monoisotopic (exact) mass is 350 g/mol. The minimum Gasteiger partial charge on any atom is -0.444 e. The first-order chi connectivity index (χ1) is 11.0. The number of rotatable bonds is 4. The van der Waals surface area contributed by atoms with E-state index in [1.54, 1.807) is 20.8 Å². The molecule has 2 amide bonds. The maximum Gasteiger partial charge on any atom is 0.407 e. The van der Waals surface area contributed by atoms with Crippen LogP contribution in [0, 0.1) is 0 Å². The minimum atomic E-state index is -1.78. The molecule has 0 radical (unpaired) electrons. The number of aliphatic hydroxyl groups is 5. The van der Waals surface area contributed by atoms with E-state index in [0.717, 1.165) is 0 Å². The van der Waals surface area contributed by atoms with Gasteiger partial charge in [0, 0.05) is 13.0 Å². The summed E-state index contributed by atoms with van der Waals surface area (Å²) in [6.07, 6.45) is -7.84. The number of aliphatic hydroxyl groups excluding tert-OH is 5. The molecule has 10 nitrogen and oxygen atoms in total. The zero-order valence-electron chi connectivity index (χ0n) is 13.9. The summed E-state index contributed by atoms with van der Waals surface area (Å²) in [6, 6.07) is -1.27. The number of carbonyl (C=O) groups excluding carboxylic acids is 2. The third-order valence-corrected chi connectivity index (χ3v) is 3.52. The molecule has 1 heterocycles. The van der Waals surface area contributed by atoms with Crippen LogP contribution >= 0.6 is 0 Å². The van der Waals surface area contributed by atoms with Gasteiger partial charge in [-0.3, -0.25) is 4.79 Å². The molecule has 1 aliphatic rings. The van der Waals surface area contributed by atoms with Crippen molar-refractivity contribution in [3.05, 3.63) is 0 Å². The summed E-state index contributed by atoms with van der Waals surface area (Å²) in [5, 5.41) is 50.7. The van der Waals surface area contributed by atoms with Crippen LogP contribution in [0.3, 0.4) is 0 Å². The molecule has 24 heavy (non-hydrogen) atoms. The molecule has 10 heteroatoms. The van der Waals surface area contributed by atoms with E-state index in [-0.39, 0.29) is 13.0 Å². The molecule has 0 aromatic heterocycles. The number of nitrogens with one attached hydrogen (secondary N) is 1. The fourth-order valence-corrected chi connectivity index (χ4v) is 2.37. The van der Waals surface area contributed by atoms with Crippen LogP contribution in [0.1, 0.15) is 27.2 Å². The minimum absolute atomic E-state index is 0.107. The van der Waals surface area contributed by atoms with Gasteiger partial charge in [0.05, 0.1) is 12.6 Å². The molecule has 1 rings (SSSR count). The van der Waals surface area contributed by atoms with Gasteiger partial charge in [-0.1, -0.05) is 0 Å². The molecule has 0 spiro atoms. The van der Waals surface area contributed by atoms with Gasteiger partial charge in [-0.05, 0) is 20.8 Å². The molecule has 1 unspecified atom stereocenters. The van der Waals surface area contributed by atoms with Gasteiger partial charge in [0.1, 0.15) is 23.9 Å². The Labute approximate surface area is 139 Å². The van der Waals surface area contributed by atoms with E-state index in [0.29, 0.717) is 4.90 Å². The van der Waals surface area contributed by atoms with Crippen LogP contribution in [0.25, 0.3) is 0 Å². The molecule has 5 atom stereocenters. The molecule has 0 aliphatic carbocycles. The van der Waals surface area contributed by atoms with E-state index in [9.17, 15) is 35.1 Å². The van der Waals surface area contributed by atoms with E-state index in [1.807, 2.05) is 0 Å². The molecule has 1 aliphatic heterocycles. The maximum atomic E-state index is 12.2. The highest BCUT2D eigenvalue weighted by Gasteiger charge is 2.48.